The van der Waals surface area contributed by atoms with Crippen LogP contribution < -0.4 is 18.4 Å². The second-order valence-corrected chi connectivity index (χ2v) is 11.1. The summed E-state index contributed by atoms with van der Waals surface area (Å²) in [5.74, 6) is 1.51. The molecule has 4 aliphatic heterocycles. The number of fused-ring (bicyclic) bond motifs is 6. The van der Waals surface area contributed by atoms with E-state index in [-0.39, 0.29) is 0 Å². The molecule has 0 spiro atoms. The zero-order chi connectivity index (χ0) is 21.1. The van der Waals surface area contributed by atoms with Crippen LogP contribution in [0.3, 0.4) is 0 Å². The molecular weight excluding hydrogens is 442 g/mol. The van der Waals surface area contributed by atoms with Crippen LogP contribution in [0, 0.1) is 0 Å². The highest BCUT2D eigenvalue weighted by atomic mass is 31.2. The van der Waals surface area contributed by atoms with Gasteiger partial charge in [0.05, 0.1) is 25.3 Å². The van der Waals surface area contributed by atoms with E-state index in [0.29, 0.717) is 25.3 Å². The van der Waals surface area contributed by atoms with Crippen LogP contribution in [0.5, 0.6) is 11.5 Å². The smallest absolute Gasteiger partial charge is 0.353 e. The first kappa shape index (κ1) is 19.1. The molecule has 3 aromatic rings. The number of anilines is 2. The zero-order valence-corrected chi connectivity index (χ0v) is 19.1. The molecule has 4 heterocycles. The van der Waals surface area contributed by atoms with E-state index in [0.717, 1.165) is 24.3 Å². The van der Waals surface area contributed by atoms with Gasteiger partial charge in [0, 0.05) is 17.4 Å². The van der Waals surface area contributed by atoms with Crippen LogP contribution in [0.1, 0.15) is 11.1 Å². The van der Waals surface area contributed by atoms with Gasteiger partial charge in [-0.25, -0.2) is 0 Å². The Morgan fingerprint density at radius 1 is 0.656 bits per heavy atom. The first-order valence-electron chi connectivity index (χ1n) is 10.9. The molecule has 0 saturated carbocycles. The fourth-order valence-corrected chi connectivity index (χ4v) is 8.21. The van der Waals surface area contributed by atoms with Crippen molar-refractivity contribution in [3.05, 3.63) is 83.9 Å². The second-order valence-electron chi connectivity index (χ2n) is 8.39. The molecule has 4 aliphatic rings. The van der Waals surface area contributed by atoms with Crippen LogP contribution >= 0.6 is 17.1 Å². The van der Waals surface area contributed by atoms with E-state index in [2.05, 4.69) is 57.9 Å². The van der Waals surface area contributed by atoms with Crippen LogP contribution in [0.4, 0.5) is 11.4 Å². The molecule has 3 aromatic carbocycles. The third-order valence-corrected chi connectivity index (χ3v) is 9.62. The molecule has 8 heteroatoms. The molecule has 6 nitrogen and oxygen atoms in total. The minimum atomic E-state index is -1.18. The first-order valence-corrected chi connectivity index (χ1v) is 13.2. The molecule has 0 bridgehead atoms. The summed E-state index contributed by atoms with van der Waals surface area (Å²) in [6.45, 7) is 1.40. The molecule has 32 heavy (non-hydrogen) atoms. The van der Waals surface area contributed by atoms with E-state index in [1.165, 1.54) is 22.5 Å². The van der Waals surface area contributed by atoms with Gasteiger partial charge in [-0.3, -0.25) is 9.34 Å². The Morgan fingerprint density at radius 3 is 1.69 bits per heavy atom. The van der Waals surface area contributed by atoms with Gasteiger partial charge in [-0.15, -0.1) is 0 Å². The lowest BCUT2D eigenvalue weighted by molar-refractivity contribution is 0.333. The van der Waals surface area contributed by atoms with E-state index >= 15 is 0 Å². The SMILES string of the molecule is c1cc(OP2OC[C@H]3Cc4ccccc4N32)cc(OP2OC[C@H]3Cc4ccccc4N32)c1. The Balaban J connectivity index is 1.09. The van der Waals surface area contributed by atoms with Crippen molar-refractivity contribution in [3.8, 4) is 11.5 Å². The Hall–Kier alpha value is -2.36. The Morgan fingerprint density at radius 2 is 1.16 bits per heavy atom. The van der Waals surface area contributed by atoms with Gasteiger partial charge < -0.3 is 18.1 Å². The lowest BCUT2D eigenvalue weighted by atomic mass is 10.1. The van der Waals surface area contributed by atoms with Crippen molar-refractivity contribution in [2.75, 3.05) is 22.6 Å². The maximum atomic E-state index is 6.34. The Kier molecular flexibility index (Phi) is 4.55. The molecule has 7 rings (SSSR count). The van der Waals surface area contributed by atoms with E-state index in [1.54, 1.807) is 0 Å². The summed E-state index contributed by atoms with van der Waals surface area (Å²) < 4.78 is 29.4. The van der Waals surface area contributed by atoms with Gasteiger partial charge in [0.15, 0.2) is 0 Å². The molecule has 0 amide bonds. The molecule has 0 aliphatic carbocycles. The minimum absolute atomic E-state index is 0.362. The lowest BCUT2D eigenvalue weighted by Gasteiger charge is -2.24. The standard InChI is InChI=1S/C24H22N2O4P2/c1-3-10-23-17(6-1)12-19-15-27-31(25(19)23)29-21-8-5-9-22(14-21)30-32-26-20(16-28-32)13-18-7-2-4-11-24(18)26/h1-11,14,19-20H,12-13,15-16H2/t19-,20-,31?,32?/m1/s1. The van der Waals surface area contributed by atoms with E-state index in [9.17, 15) is 0 Å². The summed E-state index contributed by atoms with van der Waals surface area (Å²) >= 11 is 0. The van der Waals surface area contributed by atoms with Crippen molar-refractivity contribution in [1.82, 2.24) is 0 Å². The summed E-state index contributed by atoms with van der Waals surface area (Å²) in [5, 5.41) is 0. The number of nitrogens with zero attached hydrogens (tertiary/aromatic N) is 2. The molecule has 2 unspecified atom stereocenters. The van der Waals surface area contributed by atoms with Crippen molar-refractivity contribution in [2.45, 2.75) is 24.9 Å². The van der Waals surface area contributed by atoms with Crippen LogP contribution in [-0.2, 0) is 21.9 Å². The average Bonchev–Trinajstić information content (AvgIpc) is 3.56. The number of hydrogen-bond donors (Lipinski definition) is 0. The molecule has 0 N–H and O–H groups in total. The molecule has 0 radical (unpaired) electrons. The molecule has 2 saturated heterocycles. The van der Waals surface area contributed by atoms with Gasteiger partial charge in [0.2, 0.25) is 0 Å². The summed E-state index contributed by atoms with van der Waals surface area (Å²) in [4.78, 5) is 0. The average molecular weight is 464 g/mol. The number of hydrogen-bond acceptors (Lipinski definition) is 6. The quantitative estimate of drug-likeness (QED) is 0.454. The maximum absolute atomic E-state index is 6.34. The summed E-state index contributed by atoms with van der Waals surface area (Å²) in [7, 11) is -2.36. The lowest BCUT2D eigenvalue weighted by Crippen LogP contribution is -2.23. The molecule has 4 atom stereocenters. The minimum Gasteiger partial charge on any atom is -0.431 e. The Labute approximate surface area is 189 Å². The normalized spacial score (nSPS) is 27.1. The van der Waals surface area contributed by atoms with Crippen LogP contribution in [0.15, 0.2) is 72.8 Å². The highest BCUT2D eigenvalue weighted by Gasteiger charge is 2.45. The van der Waals surface area contributed by atoms with Gasteiger partial charge >= 0.3 is 17.1 Å². The summed E-state index contributed by atoms with van der Waals surface area (Å²) in [6.07, 6.45) is 2.03. The van der Waals surface area contributed by atoms with E-state index in [1.807, 2.05) is 24.3 Å². The van der Waals surface area contributed by atoms with Gasteiger partial charge in [0.25, 0.3) is 0 Å². The number of rotatable bonds is 4. The zero-order valence-electron chi connectivity index (χ0n) is 17.3. The number of benzene rings is 3. The van der Waals surface area contributed by atoms with Crippen molar-refractivity contribution in [1.29, 1.82) is 0 Å². The van der Waals surface area contributed by atoms with Crippen LogP contribution in [0.25, 0.3) is 0 Å². The monoisotopic (exact) mass is 464 g/mol. The topological polar surface area (TPSA) is 43.4 Å². The predicted molar refractivity (Wildman–Crippen MR) is 126 cm³/mol. The molecule has 162 valence electrons. The number of para-hydroxylation sites is 2. The predicted octanol–water partition coefficient (Wildman–Crippen LogP) is 5.82. The van der Waals surface area contributed by atoms with Gasteiger partial charge in [-0.1, -0.05) is 42.5 Å². The van der Waals surface area contributed by atoms with Crippen molar-refractivity contribution in [3.63, 3.8) is 0 Å². The largest absolute Gasteiger partial charge is 0.431 e. The highest BCUT2D eigenvalue weighted by Crippen LogP contribution is 2.58. The van der Waals surface area contributed by atoms with Crippen molar-refractivity contribution >= 4 is 28.4 Å². The first-order chi connectivity index (χ1) is 15.8. The third kappa shape index (κ3) is 3.09. The van der Waals surface area contributed by atoms with Gasteiger partial charge in [0.1, 0.15) is 11.5 Å². The summed E-state index contributed by atoms with van der Waals surface area (Å²) in [6, 6.07) is 25.6. The van der Waals surface area contributed by atoms with Crippen LogP contribution in [-0.4, -0.2) is 25.3 Å². The summed E-state index contributed by atoms with van der Waals surface area (Å²) in [5.41, 5.74) is 5.20. The Bertz CT molecular complexity index is 1090. The maximum Gasteiger partial charge on any atom is 0.353 e. The highest BCUT2D eigenvalue weighted by molar-refractivity contribution is 7.50. The second kappa shape index (κ2) is 7.60. The van der Waals surface area contributed by atoms with Gasteiger partial charge in [-0.05, 0) is 48.2 Å². The fourth-order valence-electron chi connectivity index (χ4n) is 4.92. The van der Waals surface area contributed by atoms with Crippen LogP contribution in [0.2, 0.25) is 0 Å². The van der Waals surface area contributed by atoms with Crippen molar-refractivity contribution < 1.29 is 18.1 Å². The molecule has 0 aromatic heterocycles. The van der Waals surface area contributed by atoms with Crippen molar-refractivity contribution in [2.24, 2.45) is 0 Å². The van der Waals surface area contributed by atoms with E-state index < -0.39 is 17.1 Å². The van der Waals surface area contributed by atoms with E-state index in [4.69, 9.17) is 18.1 Å². The fraction of sp³-hybridized carbons (Fsp3) is 0.250. The molecular formula is C24H22N2O4P2. The molecule has 2 fully saturated rings. The van der Waals surface area contributed by atoms with Gasteiger partial charge in [-0.2, -0.15) is 0 Å². The third-order valence-electron chi connectivity index (χ3n) is 6.36.